The molecule has 0 aromatic rings. The molecule has 0 saturated heterocycles. The molecule has 0 fully saturated rings. The second-order valence-corrected chi connectivity index (χ2v) is 5.00. The Bertz CT molecular complexity index is 143. The van der Waals surface area contributed by atoms with Crippen molar-refractivity contribution in [3.63, 3.8) is 0 Å². The quantitative estimate of drug-likeness (QED) is 0.631. The molecule has 1 N–H and O–H groups in total. The van der Waals surface area contributed by atoms with Crippen LogP contribution in [0, 0.1) is 5.41 Å². The molecule has 3 nitrogen and oxygen atoms in total. The summed E-state index contributed by atoms with van der Waals surface area (Å²) in [5.74, 6) is 0. The summed E-state index contributed by atoms with van der Waals surface area (Å²) < 4.78 is 10.3. The first-order valence-electron chi connectivity index (χ1n) is 5.78. The molecule has 1 atom stereocenters. The summed E-state index contributed by atoms with van der Waals surface area (Å²) in [4.78, 5) is 0. The summed E-state index contributed by atoms with van der Waals surface area (Å²) >= 11 is 0. The molecule has 0 saturated carbocycles. The smallest absolute Gasteiger partial charge is 0.0700 e. The van der Waals surface area contributed by atoms with Gasteiger partial charge in [0, 0.05) is 19.8 Å². The van der Waals surface area contributed by atoms with Crippen LogP contribution in [0.15, 0.2) is 0 Å². The van der Waals surface area contributed by atoms with Crippen LogP contribution in [-0.2, 0) is 9.47 Å². The predicted molar refractivity (Wildman–Crippen MR) is 64.2 cm³/mol. The van der Waals surface area contributed by atoms with Gasteiger partial charge in [-0.3, -0.25) is 0 Å². The fraction of sp³-hybridized carbons (Fsp3) is 1.00. The lowest BCUT2D eigenvalue weighted by atomic mass is 9.88. The Morgan fingerprint density at radius 2 is 1.80 bits per heavy atom. The van der Waals surface area contributed by atoms with E-state index in [0.717, 1.165) is 19.6 Å². The molecule has 1 unspecified atom stereocenters. The standard InChI is InChI=1S/C12H27NO2/c1-11(12(2,3)4)13-7-6-8-15-10-9-14-5/h11,13H,6-10H2,1-5H3. The van der Waals surface area contributed by atoms with Gasteiger partial charge in [0.05, 0.1) is 13.2 Å². The molecule has 0 amide bonds. The monoisotopic (exact) mass is 217 g/mol. The van der Waals surface area contributed by atoms with Crippen molar-refractivity contribution in [2.24, 2.45) is 5.41 Å². The Balaban J connectivity index is 3.24. The highest BCUT2D eigenvalue weighted by atomic mass is 16.5. The Hall–Kier alpha value is -0.120. The van der Waals surface area contributed by atoms with Crippen LogP contribution in [0.3, 0.4) is 0 Å². The van der Waals surface area contributed by atoms with E-state index in [-0.39, 0.29) is 0 Å². The molecule has 0 bridgehead atoms. The van der Waals surface area contributed by atoms with E-state index in [1.807, 2.05) is 0 Å². The lowest BCUT2D eigenvalue weighted by Gasteiger charge is -2.28. The normalized spacial score (nSPS) is 14.2. The van der Waals surface area contributed by atoms with Gasteiger partial charge in [-0.25, -0.2) is 0 Å². The van der Waals surface area contributed by atoms with Crippen LogP contribution in [0.2, 0.25) is 0 Å². The van der Waals surface area contributed by atoms with Crippen LogP contribution in [0.5, 0.6) is 0 Å². The van der Waals surface area contributed by atoms with Crippen molar-refractivity contribution in [3.05, 3.63) is 0 Å². The summed E-state index contributed by atoms with van der Waals surface area (Å²) in [6.07, 6.45) is 1.06. The van der Waals surface area contributed by atoms with Gasteiger partial charge >= 0.3 is 0 Å². The topological polar surface area (TPSA) is 30.5 Å². The van der Waals surface area contributed by atoms with Crippen LogP contribution < -0.4 is 5.32 Å². The minimum Gasteiger partial charge on any atom is -0.382 e. The highest BCUT2D eigenvalue weighted by Crippen LogP contribution is 2.18. The van der Waals surface area contributed by atoms with Crippen LogP contribution in [0.1, 0.15) is 34.1 Å². The molecule has 0 aliphatic carbocycles. The zero-order valence-electron chi connectivity index (χ0n) is 10.9. The molecule has 0 aromatic heterocycles. The van der Waals surface area contributed by atoms with Gasteiger partial charge in [0.15, 0.2) is 0 Å². The third kappa shape index (κ3) is 8.85. The minimum atomic E-state index is 0.330. The zero-order valence-corrected chi connectivity index (χ0v) is 10.9. The molecule has 0 rings (SSSR count). The van der Waals surface area contributed by atoms with Crippen molar-refractivity contribution in [1.82, 2.24) is 5.32 Å². The van der Waals surface area contributed by atoms with E-state index in [4.69, 9.17) is 9.47 Å². The minimum absolute atomic E-state index is 0.330. The molecule has 15 heavy (non-hydrogen) atoms. The second kappa shape index (κ2) is 8.08. The van der Waals surface area contributed by atoms with Gasteiger partial charge in [0.2, 0.25) is 0 Å². The van der Waals surface area contributed by atoms with Crippen molar-refractivity contribution in [2.45, 2.75) is 40.2 Å². The van der Waals surface area contributed by atoms with Gasteiger partial charge in [-0.05, 0) is 25.3 Å². The molecule has 0 spiro atoms. The molecule has 0 radical (unpaired) electrons. The molecule has 0 heterocycles. The SMILES string of the molecule is COCCOCCCNC(C)C(C)(C)C. The Kier molecular flexibility index (Phi) is 8.02. The fourth-order valence-electron chi connectivity index (χ4n) is 1.04. The molecule has 0 aliphatic heterocycles. The lowest BCUT2D eigenvalue weighted by Crippen LogP contribution is -2.38. The van der Waals surface area contributed by atoms with E-state index in [1.165, 1.54) is 0 Å². The van der Waals surface area contributed by atoms with Gasteiger partial charge in [-0.15, -0.1) is 0 Å². The lowest BCUT2D eigenvalue weighted by molar-refractivity contribution is 0.0688. The number of ether oxygens (including phenoxy) is 2. The van der Waals surface area contributed by atoms with Crippen LogP contribution in [0.4, 0.5) is 0 Å². The maximum absolute atomic E-state index is 5.38. The molecule has 0 aromatic carbocycles. The third-order valence-electron chi connectivity index (χ3n) is 2.65. The second-order valence-electron chi connectivity index (χ2n) is 5.00. The molecular weight excluding hydrogens is 190 g/mol. The van der Waals surface area contributed by atoms with Crippen LogP contribution in [-0.4, -0.2) is 39.5 Å². The third-order valence-corrected chi connectivity index (χ3v) is 2.65. The first kappa shape index (κ1) is 14.9. The summed E-state index contributed by atoms with van der Waals surface area (Å²) in [5.41, 5.74) is 0.330. The largest absolute Gasteiger partial charge is 0.382 e. The fourth-order valence-corrected chi connectivity index (χ4v) is 1.04. The van der Waals surface area contributed by atoms with Crippen LogP contribution >= 0.6 is 0 Å². The highest BCUT2D eigenvalue weighted by molar-refractivity contribution is 4.75. The van der Waals surface area contributed by atoms with E-state index in [1.54, 1.807) is 7.11 Å². The maximum Gasteiger partial charge on any atom is 0.0700 e. The van der Waals surface area contributed by atoms with E-state index in [0.29, 0.717) is 24.7 Å². The van der Waals surface area contributed by atoms with E-state index >= 15 is 0 Å². The number of hydrogen-bond donors (Lipinski definition) is 1. The first-order valence-corrected chi connectivity index (χ1v) is 5.78. The van der Waals surface area contributed by atoms with Gasteiger partial charge in [0.1, 0.15) is 0 Å². The van der Waals surface area contributed by atoms with E-state index in [2.05, 4.69) is 33.0 Å². The average Bonchev–Trinajstić information content (AvgIpc) is 2.14. The van der Waals surface area contributed by atoms with Crippen molar-refractivity contribution in [1.29, 1.82) is 0 Å². The molecule has 0 aliphatic rings. The summed E-state index contributed by atoms with van der Waals surface area (Å²) in [7, 11) is 1.69. The van der Waals surface area contributed by atoms with Gasteiger partial charge in [-0.1, -0.05) is 20.8 Å². The molecular formula is C12H27NO2. The number of rotatable bonds is 8. The Labute approximate surface area is 94.5 Å². The number of methoxy groups -OCH3 is 1. The van der Waals surface area contributed by atoms with E-state index in [9.17, 15) is 0 Å². The van der Waals surface area contributed by atoms with Crippen molar-refractivity contribution in [3.8, 4) is 0 Å². The van der Waals surface area contributed by atoms with Crippen molar-refractivity contribution < 1.29 is 9.47 Å². The van der Waals surface area contributed by atoms with Gasteiger partial charge in [0.25, 0.3) is 0 Å². The Morgan fingerprint density at radius 1 is 1.13 bits per heavy atom. The Morgan fingerprint density at radius 3 is 2.33 bits per heavy atom. The average molecular weight is 217 g/mol. The molecule has 92 valence electrons. The van der Waals surface area contributed by atoms with E-state index < -0.39 is 0 Å². The molecule has 3 heteroatoms. The number of nitrogens with one attached hydrogen (secondary N) is 1. The maximum atomic E-state index is 5.38. The van der Waals surface area contributed by atoms with Gasteiger partial charge < -0.3 is 14.8 Å². The summed E-state index contributed by atoms with van der Waals surface area (Å²) in [6.45, 7) is 12.2. The first-order chi connectivity index (χ1) is 6.98. The zero-order chi connectivity index (χ0) is 11.7. The summed E-state index contributed by atoms with van der Waals surface area (Å²) in [6, 6.07) is 0.538. The highest BCUT2D eigenvalue weighted by Gasteiger charge is 2.18. The summed E-state index contributed by atoms with van der Waals surface area (Å²) in [5, 5.41) is 3.50. The van der Waals surface area contributed by atoms with Gasteiger partial charge in [-0.2, -0.15) is 0 Å². The van der Waals surface area contributed by atoms with Crippen molar-refractivity contribution in [2.75, 3.05) is 33.5 Å². The van der Waals surface area contributed by atoms with Crippen molar-refractivity contribution >= 4 is 0 Å². The number of hydrogen-bond acceptors (Lipinski definition) is 3. The van der Waals surface area contributed by atoms with Crippen LogP contribution in [0.25, 0.3) is 0 Å². The predicted octanol–water partition coefficient (Wildman–Crippen LogP) is 2.06.